The Kier molecular flexibility index (Phi) is 8.00. The van der Waals surface area contributed by atoms with Crippen molar-refractivity contribution in [2.24, 2.45) is 0 Å². The van der Waals surface area contributed by atoms with Gasteiger partial charge in [-0.1, -0.05) is 6.07 Å². The fourth-order valence-electron chi connectivity index (χ4n) is 1.50. The molecule has 0 aliphatic heterocycles. The zero-order valence-electron chi connectivity index (χ0n) is 9.67. The molecule has 1 rings (SSSR count). The first kappa shape index (κ1) is 15.9. The summed E-state index contributed by atoms with van der Waals surface area (Å²) in [5.41, 5.74) is 3.83. The van der Waals surface area contributed by atoms with E-state index in [4.69, 9.17) is 23.2 Å². The molecule has 1 aromatic rings. The number of rotatable bonds is 5. The van der Waals surface area contributed by atoms with Crippen LogP contribution in [0.2, 0.25) is 0 Å². The van der Waals surface area contributed by atoms with Crippen molar-refractivity contribution < 1.29 is 0 Å². The van der Waals surface area contributed by atoms with Gasteiger partial charge in [-0.25, -0.2) is 0 Å². The molecular weight excluding hydrogens is 264 g/mol. The number of alkyl halides is 2. The zero-order chi connectivity index (χ0) is 11.3. The monoisotopic (exact) mass is 281 g/mol. The van der Waals surface area contributed by atoms with Gasteiger partial charge >= 0.3 is 0 Å². The van der Waals surface area contributed by atoms with Gasteiger partial charge in [0.05, 0.1) is 0 Å². The van der Waals surface area contributed by atoms with E-state index in [0.717, 1.165) is 13.1 Å². The summed E-state index contributed by atoms with van der Waals surface area (Å²) in [7, 11) is 0. The first-order valence-corrected chi connectivity index (χ1v) is 6.20. The molecule has 0 saturated heterocycles. The highest BCUT2D eigenvalue weighted by Gasteiger charge is 2.05. The van der Waals surface area contributed by atoms with Crippen LogP contribution in [0.4, 0.5) is 5.69 Å². The van der Waals surface area contributed by atoms with E-state index in [2.05, 4.69) is 36.9 Å². The quantitative estimate of drug-likeness (QED) is 0.738. The summed E-state index contributed by atoms with van der Waals surface area (Å²) >= 11 is 11.5. The van der Waals surface area contributed by atoms with Crippen LogP contribution in [0.3, 0.4) is 0 Å². The Morgan fingerprint density at radius 3 is 2.00 bits per heavy atom. The summed E-state index contributed by atoms with van der Waals surface area (Å²) < 4.78 is 0. The Balaban J connectivity index is 0.00000225. The summed E-state index contributed by atoms with van der Waals surface area (Å²) in [6, 6.07) is 6.45. The molecule has 0 radical (unpaired) electrons. The Morgan fingerprint density at radius 1 is 1.00 bits per heavy atom. The molecule has 0 aliphatic rings. The number of hydrogen-bond donors (Lipinski definition) is 0. The van der Waals surface area contributed by atoms with Gasteiger partial charge in [0.2, 0.25) is 0 Å². The van der Waals surface area contributed by atoms with Gasteiger partial charge in [0, 0.05) is 30.5 Å². The predicted octanol–water partition coefficient (Wildman–Crippen LogP) is 4.01. The average Bonchev–Trinajstić information content (AvgIpc) is 2.22. The molecule has 0 fully saturated rings. The van der Waals surface area contributed by atoms with E-state index in [1.807, 2.05) is 0 Å². The van der Waals surface area contributed by atoms with Gasteiger partial charge in [0.25, 0.3) is 0 Å². The van der Waals surface area contributed by atoms with Gasteiger partial charge in [-0.15, -0.1) is 35.6 Å². The third kappa shape index (κ3) is 4.40. The molecule has 0 saturated carbocycles. The molecule has 0 aromatic heterocycles. The van der Waals surface area contributed by atoms with Gasteiger partial charge in [-0.2, -0.15) is 0 Å². The molecule has 0 spiro atoms. The maximum atomic E-state index is 5.77. The van der Waals surface area contributed by atoms with Crippen LogP contribution in [0.25, 0.3) is 0 Å². The number of halogens is 3. The van der Waals surface area contributed by atoms with Crippen LogP contribution in [0, 0.1) is 13.8 Å². The minimum atomic E-state index is 0. The van der Waals surface area contributed by atoms with Crippen LogP contribution >= 0.6 is 35.6 Å². The molecule has 0 aliphatic carbocycles. The molecule has 0 unspecified atom stereocenters. The molecule has 0 bridgehead atoms. The summed E-state index contributed by atoms with van der Waals surface area (Å²) in [4.78, 5) is 2.21. The van der Waals surface area contributed by atoms with Gasteiger partial charge in [0.1, 0.15) is 0 Å². The Hall–Kier alpha value is -0.110. The molecule has 92 valence electrons. The molecule has 0 N–H and O–H groups in total. The summed E-state index contributed by atoms with van der Waals surface area (Å²) in [5.74, 6) is 1.26. The van der Waals surface area contributed by atoms with Gasteiger partial charge < -0.3 is 4.90 Å². The van der Waals surface area contributed by atoms with E-state index in [1.165, 1.54) is 16.8 Å². The molecule has 1 aromatic carbocycles. The lowest BCUT2D eigenvalue weighted by atomic mass is 10.1. The van der Waals surface area contributed by atoms with Gasteiger partial charge in [-0.05, 0) is 37.1 Å². The standard InChI is InChI=1S/C12H17Cl2N.ClH/c1-10-3-4-12(9-11(10)2)15(7-5-13)8-6-14;/h3-4,9H,5-8H2,1-2H3;1H. The molecule has 16 heavy (non-hydrogen) atoms. The number of nitrogens with zero attached hydrogens (tertiary/aromatic N) is 1. The fourth-order valence-corrected chi connectivity index (χ4v) is 1.90. The van der Waals surface area contributed by atoms with E-state index >= 15 is 0 Å². The van der Waals surface area contributed by atoms with Crippen molar-refractivity contribution in [1.29, 1.82) is 0 Å². The van der Waals surface area contributed by atoms with Crippen molar-refractivity contribution in [1.82, 2.24) is 0 Å². The minimum Gasteiger partial charge on any atom is -0.369 e. The largest absolute Gasteiger partial charge is 0.369 e. The second-order valence-electron chi connectivity index (χ2n) is 3.63. The smallest absolute Gasteiger partial charge is 0.0399 e. The zero-order valence-corrected chi connectivity index (χ0v) is 12.0. The highest BCUT2D eigenvalue weighted by atomic mass is 35.5. The summed E-state index contributed by atoms with van der Waals surface area (Å²) in [6.45, 7) is 5.93. The van der Waals surface area contributed by atoms with Crippen LogP contribution in [-0.2, 0) is 0 Å². The van der Waals surface area contributed by atoms with Crippen LogP contribution in [0.5, 0.6) is 0 Å². The maximum Gasteiger partial charge on any atom is 0.0399 e. The van der Waals surface area contributed by atoms with Crippen molar-refractivity contribution in [3.63, 3.8) is 0 Å². The highest BCUT2D eigenvalue weighted by molar-refractivity contribution is 6.18. The first-order chi connectivity index (χ1) is 7.19. The van der Waals surface area contributed by atoms with Crippen molar-refractivity contribution in [3.8, 4) is 0 Å². The third-order valence-electron chi connectivity index (χ3n) is 2.56. The van der Waals surface area contributed by atoms with Crippen molar-refractivity contribution in [2.75, 3.05) is 29.7 Å². The Bertz CT molecular complexity index is 309. The molecule has 0 heterocycles. The topological polar surface area (TPSA) is 3.24 Å². The lowest BCUT2D eigenvalue weighted by molar-refractivity contribution is 0.873. The van der Waals surface area contributed by atoms with E-state index in [9.17, 15) is 0 Å². The molecular formula is C12H18Cl3N. The summed E-state index contributed by atoms with van der Waals surface area (Å²) in [5, 5.41) is 0. The molecule has 1 nitrogen and oxygen atoms in total. The normalized spacial score (nSPS) is 9.75. The average molecular weight is 283 g/mol. The van der Waals surface area contributed by atoms with Crippen LogP contribution in [0.1, 0.15) is 11.1 Å². The lowest BCUT2D eigenvalue weighted by Gasteiger charge is -2.23. The second-order valence-corrected chi connectivity index (χ2v) is 4.39. The SMILES string of the molecule is Cc1ccc(N(CCCl)CCCl)cc1C.Cl. The van der Waals surface area contributed by atoms with E-state index in [1.54, 1.807) is 0 Å². The maximum absolute atomic E-state index is 5.77. The number of aryl methyl sites for hydroxylation is 2. The van der Waals surface area contributed by atoms with Crippen molar-refractivity contribution in [2.45, 2.75) is 13.8 Å². The highest BCUT2D eigenvalue weighted by Crippen LogP contribution is 2.18. The van der Waals surface area contributed by atoms with Gasteiger partial charge in [0.15, 0.2) is 0 Å². The van der Waals surface area contributed by atoms with Crippen molar-refractivity contribution >= 4 is 41.3 Å². The fraction of sp³-hybridized carbons (Fsp3) is 0.500. The Morgan fingerprint density at radius 2 is 1.56 bits per heavy atom. The first-order valence-electron chi connectivity index (χ1n) is 5.13. The van der Waals surface area contributed by atoms with E-state index in [0.29, 0.717) is 11.8 Å². The minimum absolute atomic E-state index is 0. The Labute approximate surface area is 114 Å². The van der Waals surface area contributed by atoms with Crippen LogP contribution in [-0.4, -0.2) is 24.8 Å². The second kappa shape index (κ2) is 8.05. The molecule has 4 heteroatoms. The van der Waals surface area contributed by atoms with Crippen LogP contribution in [0.15, 0.2) is 18.2 Å². The number of hydrogen-bond acceptors (Lipinski definition) is 1. The number of anilines is 1. The molecule has 0 amide bonds. The third-order valence-corrected chi connectivity index (χ3v) is 2.90. The molecule has 0 atom stereocenters. The lowest BCUT2D eigenvalue weighted by Crippen LogP contribution is -2.27. The van der Waals surface area contributed by atoms with E-state index in [-0.39, 0.29) is 12.4 Å². The van der Waals surface area contributed by atoms with Crippen molar-refractivity contribution in [3.05, 3.63) is 29.3 Å². The van der Waals surface area contributed by atoms with E-state index < -0.39 is 0 Å². The number of benzene rings is 1. The van der Waals surface area contributed by atoms with Gasteiger partial charge in [-0.3, -0.25) is 0 Å². The summed E-state index contributed by atoms with van der Waals surface area (Å²) in [6.07, 6.45) is 0. The predicted molar refractivity (Wildman–Crippen MR) is 76.8 cm³/mol. The van der Waals surface area contributed by atoms with Crippen LogP contribution < -0.4 is 4.90 Å².